The van der Waals surface area contributed by atoms with E-state index in [4.69, 9.17) is 9.47 Å². The summed E-state index contributed by atoms with van der Waals surface area (Å²) in [7, 11) is 0. The maximum absolute atomic E-state index is 6.56. The maximum Gasteiger partial charge on any atom is 0.184 e. The van der Waals surface area contributed by atoms with Crippen molar-refractivity contribution in [3.63, 3.8) is 0 Å². The zero-order chi connectivity index (χ0) is 19.5. The summed E-state index contributed by atoms with van der Waals surface area (Å²) in [4.78, 5) is 5.17. The molecule has 3 saturated heterocycles. The molecule has 29 heavy (non-hydrogen) atoms. The van der Waals surface area contributed by atoms with E-state index in [1.165, 1.54) is 75.5 Å². The normalized spacial score (nSPS) is 29.4. The maximum atomic E-state index is 6.56. The van der Waals surface area contributed by atoms with E-state index in [0.717, 1.165) is 18.7 Å². The van der Waals surface area contributed by atoms with Crippen LogP contribution in [0.2, 0.25) is 0 Å². The van der Waals surface area contributed by atoms with E-state index in [0.29, 0.717) is 0 Å². The molecule has 4 nitrogen and oxygen atoms in total. The standard InChI is InChI=1S/C25H34N2O2/c1-5-13-26(14-6-1)18-23-24(19-27-15-7-2-8-16-27)29-25(28-23)22-12-11-20-9-3-4-10-21(20)17-22/h3-4,9-12,17,23-25H,1-2,5-8,13-16,18-19H2. The summed E-state index contributed by atoms with van der Waals surface area (Å²) < 4.78 is 13.1. The van der Waals surface area contributed by atoms with Gasteiger partial charge in [0.1, 0.15) is 12.2 Å². The Morgan fingerprint density at radius 1 is 0.655 bits per heavy atom. The molecule has 156 valence electrons. The predicted molar refractivity (Wildman–Crippen MR) is 117 cm³/mol. The Bertz CT molecular complexity index is 770. The lowest BCUT2D eigenvalue weighted by atomic mass is 10.1. The van der Waals surface area contributed by atoms with Crippen molar-refractivity contribution >= 4 is 10.8 Å². The number of rotatable bonds is 5. The largest absolute Gasteiger partial charge is 0.341 e. The minimum Gasteiger partial charge on any atom is -0.341 e. The van der Waals surface area contributed by atoms with Gasteiger partial charge in [0.2, 0.25) is 0 Å². The van der Waals surface area contributed by atoms with Gasteiger partial charge in [0.05, 0.1) is 0 Å². The van der Waals surface area contributed by atoms with Gasteiger partial charge in [-0.15, -0.1) is 0 Å². The lowest BCUT2D eigenvalue weighted by Crippen LogP contribution is -2.45. The topological polar surface area (TPSA) is 24.9 Å². The van der Waals surface area contributed by atoms with Crippen LogP contribution < -0.4 is 0 Å². The summed E-state index contributed by atoms with van der Waals surface area (Å²) in [5.41, 5.74) is 1.15. The molecule has 3 aliphatic rings. The van der Waals surface area contributed by atoms with Gasteiger partial charge in [-0.3, -0.25) is 0 Å². The van der Waals surface area contributed by atoms with Gasteiger partial charge in [-0.1, -0.05) is 49.2 Å². The highest BCUT2D eigenvalue weighted by molar-refractivity contribution is 5.83. The molecule has 2 aromatic carbocycles. The summed E-state index contributed by atoms with van der Waals surface area (Å²) in [5.74, 6) is 0. The molecule has 2 unspecified atom stereocenters. The van der Waals surface area contributed by atoms with Gasteiger partial charge >= 0.3 is 0 Å². The van der Waals surface area contributed by atoms with Crippen LogP contribution in [-0.2, 0) is 9.47 Å². The molecule has 0 N–H and O–H groups in total. The highest BCUT2D eigenvalue weighted by Crippen LogP contribution is 2.34. The molecular formula is C25H34N2O2. The third-order valence-electron chi connectivity index (χ3n) is 6.83. The van der Waals surface area contributed by atoms with E-state index in [2.05, 4.69) is 52.3 Å². The molecule has 0 radical (unpaired) electrons. The molecule has 3 heterocycles. The summed E-state index contributed by atoms with van der Waals surface area (Å²) in [6.45, 7) is 6.83. The first kappa shape index (κ1) is 19.5. The number of benzene rings is 2. The summed E-state index contributed by atoms with van der Waals surface area (Å²) in [6.07, 6.45) is 8.08. The van der Waals surface area contributed by atoms with Crippen LogP contribution in [0.1, 0.15) is 50.4 Å². The molecular weight excluding hydrogens is 360 g/mol. The monoisotopic (exact) mass is 394 g/mol. The van der Waals surface area contributed by atoms with Crippen molar-refractivity contribution in [1.82, 2.24) is 9.80 Å². The van der Waals surface area contributed by atoms with E-state index in [9.17, 15) is 0 Å². The van der Waals surface area contributed by atoms with Crippen molar-refractivity contribution in [2.45, 2.75) is 57.0 Å². The van der Waals surface area contributed by atoms with Gasteiger partial charge in [-0.25, -0.2) is 0 Å². The second-order valence-electron chi connectivity index (χ2n) is 9.01. The first-order valence-electron chi connectivity index (χ1n) is 11.6. The number of likely N-dealkylation sites (tertiary alicyclic amines) is 2. The Labute approximate surface area is 174 Å². The minimum atomic E-state index is -0.246. The van der Waals surface area contributed by atoms with Crippen LogP contribution in [0.3, 0.4) is 0 Å². The number of ether oxygens (including phenoxy) is 2. The molecule has 3 aliphatic heterocycles. The SMILES string of the molecule is c1ccc2cc(C3OC(CN4CCCCC4)C(CN4CCCCC4)O3)ccc2c1. The average Bonchev–Trinajstić information content (AvgIpc) is 3.17. The molecule has 2 atom stereocenters. The van der Waals surface area contributed by atoms with Crippen LogP contribution in [0, 0.1) is 0 Å². The van der Waals surface area contributed by atoms with Crippen LogP contribution in [0.4, 0.5) is 0 Å². The van der Waals surface area contributed by atoms with Crippen LogP contribution >= 0.6 is 0 Å². The highest BCUT2D eigenvalue weighted by atomic mass is 16.7. The fourth-order valence-electron chi connectivity index (χ4n) is 5.15. The molecule has 0 aliphatic carbocycles. The summed E-state index contributed by atoms with van der Waals surface area (Å²) in [5, 5.41) is 2.52. The van der Waals surface area contributed by atoms with Crippen LogP contribution in [0.15, 0.2) is 42.5 Å². The second-order valence-corrected chi connectivity index (χ2v) is 9.01. The van der Waals surface area contributed by atoms with Crippen LogP contribution in [0.25, 0.3) is 10.8 Å². The number of fused-ring (bicyclic) bond motifs is 1. The van der Waals surface area contributed by atoms with Gasteiger partial charge < -0.3 is 19.3 Å². The first-order valence-corrected chi connectivity index (χ1v) is 11.6. The molecule has 0 aromatic heterocycles. The van der Waals surface area contributed by atoms with Crippen LogP contribution in [-0.4, -0.2) is 61.3 Å². The fraction of sp³-hybridized carbons (Fsp3) is 0.600. The van der Waals surface area contributed by atoms with E-state index >= 15 is 0 Å². The predicted octanol–water partition coefficient (Wildman–Crippen LogP) is 4.59. The Morgan fingerprint density at radius 3 is 1.79 bits per heavy atom. The van der Waals surface area contributed by atoms with Crippen molar-refractivity contribution in [2.24, 2.45) is 0 Å². The Hall–Kier alpha value is -1.46. The Balaban J connectivity index is 1.32. The number of hydrogen-bond acceptors (Lipinski definition) is 4. The smallest absolute Gasteiger partial charge is 0.184 e. The van der Waals surface area contributed by atoms with Crippen LogP contribution in [0.5, 0.6) is 0 Å². The molecule has 2 aromatic rings. The zero-order valence-corrected chi connectivity index (χ0v) is 17.5. The van der Waals surface area contributed by atoms with Crippen molar-refractivity contribution in [3.8, 4) is 0 Å². The molecule has 3 fully saturated rings. The first-order chi connectivity index (χ1) is 14.3. The zero-order valence-electron chi connectivity index (χ0n) is 17.5. The van der Waals surface area contributed by atoms with Crippen molar-refractivity contribution in [1.29, 1.82) is 0 Å². The number of piperidine rings is 2. The van der Waals surface area contributed by atoms with Gasteiger partial charge in [-0.05, 0) is 68.7 Å². The van der Waals surface area contributed by atoms with Crippen molar-refractivity contribution < 1.29 is 9.47 Å². The molecule has 0 bridgehead atoms. The van der Waals surface area contributed by atoms with Crippen molar-refractivity contribution in [3.05, 3.63) is 48.0 Å². The summed E-state index contributed by atoms with van der Waals surface area (Å²) in [6, 6.07) is 15.1. The lowest BCUT2D eigenvalue weighted by Gasteiger charge is -2.33. The lowest BCUT2D eigenvalue weighted by molar-refractivity contribution is -0.0740. The molecule has 0 amide bonds. The molecule has 5 rings (SSSR count). The van der Waals surface area contributed by atoms with Crippen molar-refractivity contribution in [2.75, 3.05) is 39.3 Å². The average molecular weight is 395 g/mol. The van der Waals surface area contributed by atoms with E-state index in [-0.39, 0.29) is 18.5 Å². The highest BCUT2D eigenvalue weighted by Gasteiger charge is 2.39. The van der Waals surface area contributed by atoms with Gasteiger partial charge in [0.15, 0.2) is 6.29 Å². The van der Waals surface area contributed by atoms with Gasteiger partial charge in [0.25, 0.3) is 0 Å². The van der Waals surface area contributed by atoms with E-state index in [1.54, 1.807) is 0 Å². The minimum absolute atomic E-state index is 0.159. The fourth-order valence-corrected chi connectivity index (χ4v) is 5.15. The number of nitrogens with zero attached hydrogens (tertiary/aromatic N) is 2. The van der Waals surface area contributed by atoms with E-state index in [1.807, 2.05) is 0 Å². The quantitative estimate of drug-likeness (QED) is 0.740. The molecule has 0 saturated carbocycles. The van der Waals surface area contributed by atoms with Gasteiger partial charge in [0, 0.05) is 18.7 Å². The number of hydrogen-bond donors (Lipinski definition) is 0. The third-order valence-corrected chi connectivity index (χ3v) is 6.83. The molecule has 0 spiro atoms. The Kier molecular flexibility index (Phi) is 6.14. The third kappa shape index (κ3) is 4.66. The van der Waals surface area contributed by atoms with Gasteiger partial charge in [-0.2, -0.15) is 0 Å². The summed E-state index contributed by atoms with van der Waals surface area (Å²) >= 11 is 0. The Morgan fingerprint density at radius 2 is 1.21 bits per heavy atom. The van der Waals surface area contributed by atoms with E-state index < -0.39 is 0 Å². The second kappa shape index (κ2) is 9.13. The molecule has 4 heteroatoms.